The van der Waals surface area contributed by atoms with Crippen molar-refractivity contribution in [2.75, 3.05) is 13.2 Å². The van der Waals surface area contributed by atoms with Crippen molar-refractivity contribution in [3.05, 3.63) is 67.3 Å². The third kappa shape index (κ3) is 4.49. The first kappa shape index (κ1) is 24.4. The van der Waals surface area contributed by atoms with E-state index in [-0.39, 0.29) is 24.9 Å². The number of hydrogen-bond donors (Lipinski definition) is 1. The Morgan fingerprint density at radius 3 is 2.29 bits per heavy atom. The summed E-state index contributed by atoms with van der Waals surface area (Å²) in [5.41, 5.74) is 2.54. The quantitative estimate of drug-likeness (QED) is 0.392. The van der Waals surface area contributed by atoms with E-state index in [0.29, 0.717) is 24.0 Å². The van der Waals surface area contributed by atoms with Crippen molar-refractivity contribution in [3.63, 3.8) is 0 Å². The predicted molar refractivity (Wildman–Crippen MR) is 133 cm³/mol. The van der Waals surface area contributed by atoms with Crippen LogP contribution < -0.4 is 5.32 Å². The maximum atomic E-state index is 14.1. The van der Waals surface area contributed by atoms with Crippen LogP contribution in [0.2, 0.25) is 0 Å². The molecular formula is C26H29NO5S2. The largest absolute Gasteiger partial charge is 0.465 e. The zero-order valence-electron chi connectivity index (χ0n) is 19.6. The molecule has 2 aromatic heterocycles. The molecule has 4 rings (SSSR count). The zero-order valence-corrected chi connectivity index (χ0v) is 21.2. The molecule has 2 aromatic rings. The Labute approximate surface area is 207 Å². The molecule has 0 amide bonds. The summed E-state index contributed by atoms with van der Waals surface area (Å²) >= 11 is 3.03. The van der Waals surface area contributed by atoms with Gasteiger partial charge in [-0.15, -0.1) is 22.7 Å². The monoisotopic (exact) mass is 499 g/mol. The number of Topliss-reactive ketones (excluding diaryl/α,β-unsaturated/α-hetero) is 1. The van der Waals surface area contributed by atoms with Crippen LogP contribution in [0.15, 0.2) is 57.6 Å². The average Bonchev–Trinajstić information content (AvgIpc) is 3.53. The van der Waals surface area contributed by atoms with E-state index in [0.717, 1.165) is 27.6 Å². The molecule has 3 heterocycles. The average molecular weight is 500 g/mol. The number of ketones is 1. The van der Waals surface area contributed by atoms with Gasteiger partial charge in [-0.1, -0.05) is 25.5 Å². The second kappa shape index (κ2) is 10.7. The van der Waals surface area contributed by atoms with Crippen LogP contribution in [-0.4, -0.2) is 30.9 Å². The van der Waals surface area contributed by atoms with E-state index in [1.54, 1.807) is 13.8 Å². The Bertz CT molecular complexity index is 1110. The Hall–Kier alpha value is -2.71. The van der Waals surface area contributed by atoms with E-state index in [1.807, 2.05) is 35.0 Å². The third-order valence-electron chi connectivity index (χ3n) is 6.18. The molecule has 0 spiro atoms. The third-order valence-corrected chi connectivity index (χ3v) is 8.12. The number of dihydropyridines is 1. The van der Waals surface area contributed by atoms with Gasteiger partial charge in [0, 0.05) is 32.6 Å². The molecule has 0 saturated heterocycles. The second-order valence-electron chi connectivity index (χ2n) is 8.25. The molecule has 0 radical (unpaired) electrons. The zero-order chi connectivity index (χ0) is 24.2. The Morgan fingerprint density at radius 1 is 1.03 bits per heavy atom. The normalized spacial score (nSPS) is 22.3. The number of carbonyl (C=O) groups is 3. The molecular weight excluding hydrogens is 470 g/mol. The first-order chi connectivity index (χ1) is 16.5. The van der Waals surface area contributed by atoms with Gasteiger partial charge in [0.2, 0.25) is 0 Å². The predicted octanol–water partition coefficient (Wildman–Crippen LogP) is 5.30. The smallest absolute Gasteiger partial charge is 0.336 e. The molecule has 0 fully saturated rings. The molecule has 180 valence electrons. The molecule has 34 heavy (non-hydrogen) atoms. The molecule has 2 aliphatic rings. The highest BCUT2D eigenvalue weighted by Gasteiger charge is 2.49. The summed E-state index contributed by atoms with van der Waals surface area (Å²) in [4.78, 5) is 42.3. The topological polar surface area (TPSA) is 81.7 Å². The number of allylic oxidation sites excluding steroid dienone is 3. The molecule has 8 heteroatoms. The second-order valence-corrected chi connectivity index (χ2v) is 10.2. The van der Waals surface area contributed by atoms with Gasteiger partial charge in [-0.3, -0.25) is 9.59 Å². The number of hydrogen-bond acceptors (Lipinski definition) is 8. The van der Waals surface area contributed by atoms with Crippen LogP contribution in [0, 0.1) is 5.92 Å². The van der Waals surface area contributed by atoms with Crippen molar-refractivity contribution < 1.29 is 23.9 Å². The summed E-state index contributed by atoms with van der Waals surface area (Å²) in [7, 11) is 0. The van der Waals surface area contributed by atoms with Crippen LogP contribution in [0.3, 0.4) is 0 Å². The summed E-state index contributed by atoms with van der Waals surface area (Å²) in [6.07, 6.45) is 1.99. The number of carbonyl (C=O) groups excluding carboxylic acids is 3. The number of ether oxygens (including phenoxy) is 2. The van der Waals surface area contributed by atoms with E-state index in [4.69, 9.17) is 9.47 Å². The van der Waals surface area contributed by atoms with E-state index >= 15 is 0 Å². The Balaban J connectivity index is 1.88. The van der Waals surface area contributed by atoms with Gasteiger partial charge >= 0.3 is 11.9 Å². The van der Waals surface area contributed by atoms with Gasteiger partial charge in [0.15, 0.2) is 5.78 Å². The fourth-order valence-electron chi connectivity index (χ4n) is 4.86. The van der Waals surface area contributed by atoms with Crippen molar-refractivity contribution in [1.29, 1.82) is 0 Å². The van der Waals surface area contributed by atoms with Crippen molar-refractivity contribution in [2.45, 2.75) is 51.9 Å². The molecule has 3 atom stereocenters. The highest BCUT2D eigenvalue weighted by Crippen LogP contribution is 2.50. The molecule has 6 nitrogen and oxygen atoms in total. The first-order valence-electron chi connectivity index (χ1n) is 11.7. The summed E-state index contributed by atoms with van der Waals surface area (Å²) < 4.78 is 10.8. The lowest BCUT2D eigenvalue weighted by Gasteiger charge is -2.39. The minimum atomic E-state index is -0.946. The molecule has 1 aliphatic carbocycles. The number of rotatable bonds is 8. The highest BCUT2D eigenvalue weighted by atomic mass is 32.1. The number of esters is 2. The van der Waals surface area contributed by atoms with E-state index in [2.05, 4.69) is 12.2 Å². The summed E-state index contributed by atoms with van der Waals surface area (Å²) in [5, 5.41) is 7.34. The van der Waals surface area contributed by atoms with E-state index in [9.17, 15) is 14.4 Å². The lowest BCUT2D eigenvalue weighted by atomic mass is 9.69. The summed E-state index contributed by atoms with van der Waals surface area (Å²) in [6, 6.07) is 7.74. The standard InChI is InChI=1S/C26H29NO5S2/c1-4-9-16-22(26(30)32-6-3)23(19-11-8-13-34-19)21-17(27-16)14-15(18-10-7-12-33-18)20(24(21)28)25(29)31-5-2/h7-8,10-13,15,20,23,27H,4-6,9,14H2,1-3H3/t15-,20+,23+/m1/s1. The SMILES string of the molecule is CCCC1=C(C(=O)OCC)[C@@H](c2cccs2)C2=C(C[C@H](c3cccs3)[C@H](C(=O)OCC)C2=O)N1. The van der Waals surface area contributed by atoms with Crippen molar-refractivity contribution in [3.8, 4) is 0 Å². The molecule has 1 aliphatic heterocycles. The van der Waals surface area contributed by atoms with Crippen LogP contribution in [0.1, 0.15) is 61.6 Å². The summed E-state index contributed by atoms with van der Waals surface area (Å²) in [5.74, 6) is -3.04. The first-order valence-corrected chi connectivity index (χ1v) is 13.4. The van der Waals surface area contributed by atoms with Crippen molar-refractivity contribution >= 4 is 40.4 Å². The van der Waals surface area contributed by atoms with Crippen LogP contribution in [0.4, 0.5) is 0 Å². The highest BCUT2D eigenvalue weighted by molar-refractivity contribution is 7.10. The lowest BCUT2D eigenvalue weighted by Crippen LogP contribution is -2.43. The minimum Gasteiger partial charge on any atom is -0.465 e. The number of thiophene rings is 2. The van der Waals surface area contributed by atoms with Gasteiger partial charge in [-0.25, -0.2) is 4.79 Å². The lowest BCUT2D eigenvalue weighted by molar-refractivity contribution is -0.152. The fourth-order valence-corrected chi connectivity index (χ4v) is 6.57. The molecule has 0 saturated carbocycles. The molecule has 0 aromatic carbocycles. The number of nitrogens with one attached hydrogen (secondary N) is 1. The van der Waals surface area contributed by atoms with Gasteiger partial charge in [0.25, 0.3) is 0 Å². The minimum absolute atomic E-state index is 0.201. The van der Waals surface area contributed by atoms with E-state index in [1.165, 1.54) is 22.7 Å². The van der Waals surface area contributed by atoms with Crippen LogP contribution in [0.5, 0.6) is 0 Å². The van der Waals surface area contributed by atoms with Gasteiger partial charge in [-0.05, 0) is 49.6 Å². The summed E-state index contributed by atoms with van der Waals surface area (Å²) in [6.45, 7) is 6.01. The van der Waals surface area contributed by atoms with Crippen LogP contribution in [0.25, 0.3) is 0 Å². The maximum absolute atomic E-state index is 14.1. The maximum Gasteiger partial charge on any atom is 0.336 e. The van der Waals surface area contributed by atoms with Gasteiger partial charge in [0.05, 0.1) is 24.7 Å². The van der Waals surface area contributed by atoms with E-state index < -0.39 is 23.8 Å². The van der Waals surface area contributed by atoms with Crippen molar-refractivity contribution in [2.24, 2.45) is 5.92 Å². The van der Waals surface area contributed by atoms with Crippen LogP contribution in [-0.2, 0) is 23.9 Å². The molecule has 0 unspecified atom stereocenters. The fraction of sp³-hybridized carbons (Fsp3) is 0.423. The molecule has 0 bridgehead atoms. The van der Waals surface area contributed by atoms with Gasteiger partial charge in [0.1, 0.15) is 5.92 Å². The molecule has 1 N–H and O–H groups in total. The Morgan fingerprint density at radius 2 is 1.71 bits per heavy atom. The van der Waals surface area contributed by atoms with Gasteiger partial charge in [-0.2, -0.15) is 0 Å². The van der Waals surface area contributed by atoms with Crippen molar-refractivity contribution in [1.82, 2.24) is 5.32 Å². The van der Waals surface area contributed by atoms with Crippen LogP contribution >= 0.6 is 22.7 Å². The Kier molecular flexibility index (Phi) is 7.68. The van der Waals surface area contributed by atoms with Gasteiger partial charge < -0.3 is 14.8 Å².